The van der Waals surface area contributed by atoms with Crippen LogP contribution in [-0.4, -0.2) is 52.8 Å². The summed E-state index contributed by atoms with van der Waals surface area (Å²) in [6, 6.07) is 12.0. The molecule has 2 bridgehead atoms. The zero-order chi connectivity index (χ0) is 22.8. The van der Waals surface area contributed by atoms with Crippen LogP contribution in [0.25, 0.3) is 11.0 Å². The van der Waals surface area contributed by atoms with Gasteiger partial charge in [0, 0.05) is 37.8 Å². The molecule has 166 valence electrons. The number of amides is 3. The highest BCUT2D eigenvalue weighted by atomic mass is 16.2. The quantitative estimate of drug-likeness (QED) is 0.614. The average molecular weight is 434 g/mol. The third-order valence-corrected chi connectivity index (χ3v) is 5.73. The summed E-state index contributed by atoms with van der Waals surface area (Å²) in [7, 11) is 3.43. The van der Waals surface area contributed by atoms with Gasteiger partial charge in [0.05, 0.1) is 16.6 Å². The summed E-state index contributed by atoms with van der Waals surface area (Å²) >= 11 is 0. The number of nitrogens with zero attached hydrogens (tertiary/aromatic N) is 3. The van der Waals surface area contributed by atoms with Crippen molar-refractivity contribution in [3.63, 3.8) is 0 Å². The first kappa shape index (κ1) is 21.5. The van der Waals surface area contributed by atoms with E-state index >= 15 is 0 Å². The maximum Gasteiger partial charge on any atom is 0.257 e. The van der Waals surface area contributed by atoms with Gasteiger partial charge in [0.15, 0.2) is 0 Å². The molecule has 2 N–H and O–H groups in total. The lowest BCUT2D eigenvalue weighted by atomic mass is 10.1. The highest BCUT2D eigenvalue weighted by molar-refractivity contribution is 6.08. The molecule has 0 radical (unpaired) electrons. The van der Waals surface area contributed by atoms with Gasteiger partial charge in [0.25, 0.3) is 17.7 Å². The zero-order valence-corrected chi connectivity index (χ0v) is 18.5. The van der Waals surface area contributed by atoms with Crippen LogP contribution >= 0.6 is 0 Å². The Morgan fingerprint density at radius 2 is 1.78 bits per heavy atom. The number of para-hydroxylation sites is 1. The van der Waals surface area contributed by atoms with Crippen molar-refractivity contribution in [3.8, 4) is 0 Å². The Morgan fingerprint density at radius 1 is 1.06 bits per heavy atom. The van der Waals surface area contributed by atoms with E-state index in [2.05, 4.69) is 22.5 Å². The van der Waals surface area contributed by atoms with Gasteiger partial charge in [-0.05, 0) is 56.5 Å². The highest BCUT2D eigenvalue weighted by Gasteiger charge is 2.24. The largest absolute Gasteiger partial charge is 0.352 e. The molecule has 4 rings (SSSR count). The number of benzene rings is 2. The fourth-order valence-electron chi connectivity index (χ4n) is 4.05. The number of fused-ring (bicyclic) bond motifs is 5. The van der Waals surface area contributed by atoms with Gasteiger partial charge in [-0.3, -0.25) is 19.7 Å². The number of rotatable bonds is 1. The van der Waals surface area contributed by atoms with E-state index in [1.807, 2.05) is 10.6 Å². The van der Waals surface area contributed by atoms with Crippen molar-refractivity contribution < 1.29 is 14.4 Å². The van der Waals surface area contributed by atoms with Gasteiger partial charge in [0.2, 0.25) is 5.95 Å². The first-order valence-corrected chi connectivity index (χ1v) is 10.8. The number of carbonyl (C=O) groups is 3. The van der Waals surface area contributed by atoms with E-state index in [1.165, 1.54) is 4.90 Å². The molecule has 0 unspecified atom stereocenters. The van der Waals surface area contributed by atoms with E-state index in [1.54, 1.807) is 50.5 Å². The monoisotopic (exact) mass is 433 g/mol. The molecule has 2 aromatic carbocycles. The average Bonchev–Trinajstić information content (AvgIpc) is 3.15. The van der Waals surface area contributed by atoms with Gasteiger partial charge >= 0.3 is 0 Å². The van der Waals surface area contributed by atoms with E-state index in [0.717, 1.165) is 19.3 Å². The summed E-state index contributed by atoms with van der Waals surface area (Å²) in [4.78, 5) is 44.5. The van der Waals surface area contributed by atoms with Crippen LogP contribution in [-0.2, 0) is 0 Å². The molecule has 2 heterocycles. The van der Waals surface area contributed by atoms with Crippen LogP contribution in [0.15, 0.2) is 42.5 Å². The number of hydrogen-bond acceptors (Lipinski definition) is 4. The molecule has 1 aliphatic heterocycles. The molecule has 1 aromatic heterocycles. The summed E-state index contributed by atoms with van der Waals surface area (Å²) < 4.78 is 1.96. The maximum absolute atomic E-state index is 13.1. The molecule has 0 fully saturated rings. The van der Waals surface area contributed by atoms with Crippen molar-refractivity contribution in [1.29, 1.82) is 0 Å². The van der Waals surface area contributed by atoms with E-state index < -0.39 is 0 Å². The smallest absolute Gasteiger partial charge is 0.257 e. The number of aromatic nitrogens is 2. The molecule has 32 heavy (non-hydrogen) atoms. The summed E-state index contributed by atoms with van der Waals surface area (Å²) in [6.45, 7) is 2.61. The Balaban J connectivity index is 1.86. The molecule has 3 aromatic rings. The van der Waals surface area contributed by atoms with Crippen LogP contribution in [0, 0.1) is 0 Å². The Morgan fingerprint density at radius 3 is 2.53 bits per heavy atom. The maximum atomic E-state index is 13.1. The summed E-state index contributed by atoms with van der Waals surface area (Å²) in [5.41, 5.74) is 2.71. The molecule has 3 amide bonds. The van der Waals surface area contributed by atoms with Crippen molar-refractivity contribution in [2.75, 3.05) is 26.0 Å². The van der Waals surface area contributed by atoms with Crippen molar-refractivity contribution in [2.45, 2.75) is 32.2 Å². The molecule has 0 spiro atoms. The molecule has 0 saturated heterocycles. The third-order valence-electron chi connectivity index (χ3n) is 5.73. The Labute approximate surface area is 186 Å². The lowest BCUT2D eigenvalue weighted by Gasteiger charge is -2.20. The number of imidazole rings is 1. The molecule has 1 atom stereocenters. The summed E-state index contributed by atoms with van der Waals surface area (Å²) in [5.74, 6) is -0.278. The molecule has 0 aliphatic carbocycles. The summed E-state index contributed by atoms with van der Waals surface area (Å²) in [5, 5.41) is 5.82. The molecular formula is C24H27N5O3. The Hall–Kier alpha value is -3.68. The van der Waals surface area contributed by atoms with Crippen molar-refractivity contribution in [3.05, 3.63) is 59.2 Å². The number of hydrogen-bond donors (Lipinski definition) is 2. The van der Waals surface area contributed by atoms with Gasteiger partial charge in [0.1, 0.15) is 0 Å². The zero-order valence-electron chi connectivity index (χ0n) is 18.5. The van der Waals surface area contributed by atoms with Crippen molar-refractivity contribution in [1.82, 2.24) is 19.8 Å². The Bertz CT molecular complexity index is 1200. The van der Waals surface area contributed by atoms with Gasteiger partial charge in [-0.25, -0.2) is 4.98 Å². The van der Waals surface area contributed by atoms with Crippen molar-refractivity contribution in [2.24, 2.45) is 0 Å². The lowest BCUT2D eigenvalue weighted by Crippen LogP contribution is -2.26. The van der Waals surface area contributed by atoms with Crippen LogP contribution in [0.4, 0.5) is 5.95 Å². The molecule has 1 aliphatic rings. The first-order chi connectivity index (χ1) is 15.4. The van der Waals surface area contributed by atoms with Crippen molar-refractivity contribution >= 4 is 34.7 Å². The van der Waals surface area contributed by atoms with E-state index in [0.29, 0.717) is 40.2 Å². The molecule has 8 heteroatoms. The SMILES string of the molecule is C[C@H]1CCCCNC(=O)c2cccc(c2)C(=O)Nc2nc3cccc(C(=O)N(C)C)c3n21. The normalized spacial score (nSPS) is 17.2. The standard InChI is InChI=1S/C24H27N5O3/c1-15-8-4-5-13-25-21(30)16-9-6-10-17(14-16)22(31)27-24-26-19-12-7-11-18(20(19)29(15)24)23(32)28(2)3/h6-7,9-12,14-15H,4-5,8,13H2,1-3H3,(H,25,30)(H,26,27,31)/t15-/m0/s1. The highest BCUT2D eigenvalue weighted by Crippen LogP contribution is 2.30. The summed E-state index contributed by atoms with van der Waals surface area (Å²) in [6.07, 6.45) is 2.51. The molecular weight excluding hydrogens is 406 g/mol. The topological polar surface area (TPSA) is 96.3 Å². The van der Waals surface area contributed by atoms with Gasteiger partial charge in [-0.15, -0.1) is 0 Å². The minimum Gasteiger partial charge on any atom is -0.352 e. The number of carbonyl (C=O) groups excluding carboxylic acids is 3. The van der Waals surface area contributed by atoms with Gasteiger partial charge in [-0.2, -0.15) is 0 Å². The fraction of sp³-hybridized carbons (Fsp3) is 0.333. The third kappa shape index (κ3) is 4.08. The van der Waals surface area contributed by atoms with Gasteiger partial charge in [-0.1, -0.05) is 12.1 Å². The van der Waals surface area contributed by atoms with E-state index in [9.17, 15) is 14.4 Å². The van der Waals surface area contributed by atoms with Crippen LogP contribution in [0.5, 0.6) is 0 Å². The minimum atomic E-state index is -0.360. The Kier molecular flexibility index (Phi) is 5.94. The second-order valence-electron chi connectivity index (χ2n) is 8.31. The predicted molar refractivity (Wildman–Crippen MR) is 123 cm³/mol. The minimum absolute atomic E-state index is 0.0172. The van der Waals surface area contributed by atoms with Crippen LogP contribution in [0.1, 0.15) is 63.3 Å². The second kappa shape index (κ2) is 8.82. The van der Waals surface area contributed by atoms with Gasteiger partial charge < -0.3 is 14.8 Å². The second-order valence-corrected chi connectivity index (χ2v) is 8.31. The van der Waals surface area contributed by atoms with Crippen LogP contribution in [0.2, 0.25) is 0 Å². The number of anilines is 1. The first-order valence-electron chi connectivity index (χ1n) is 10.8. The molecule has 8 nitrogen and oxygen atoms in total. The van der Waals surface area contributed by atoms with Crippen LogP contribution < -0.4 is 10.6 Å². The number of nitrogens with one attached hydrogen (secondary N) is 2. The molecule has 0 saturated carbocycles. The van der Waals surface area contributed by atoms with E-state index in [-0.39, 0.29) is 23.8 Å². The predicted octanol–water partition coefficient (Wildman–Crippen LogP) is 3.47. The lowest BCUT2D eigenvalue weighted by molar-refractivity contribution is 0.0828. The van der Waals surface area contributed by atoms with E-state index in [4.69, 9.17) is 0 Å². The van der Waals surface area contributed by atoms with Crippen LogP contribution in [0.3, 0.4) is 0 Å². The fourth-order valence-corrected chi connectivity index (χ4v) is 4.05.